The van der Waals surface area contributed by atoms with Crippen molar-refractivity contribution in [1.29, 1.82) is 0 Å². The van der Waals surface area contributed by atoms with Gasteiger partial charge in [-0.15, -0.1) is 0 Å². The van der Waals surface area contributed by atoms with Crippen LogP contribution in [0.4, 0.5) is 8.78 Å². The van der Waals surface area contributed by atoms with Crippen molar-refractivity contribution in [3.05, 3.63) is 124 Å². The lowest BCUT2D eigenvalue weighted by atomic mass is 10.1. The molecule has 0 aliphatic carbocycles. The molecule has 0 atom stereocenters. The second kappa shape index (κ2) is 9.58. The molecule has 0 fully saturated rings. The molecule has 0 radical (unpaired) electrons. The Morgan fingerprint density at radius 1 is 0.938 bits per heavy atom. The average Bonchev–Trinajstić information content (AvgIpc) is 3.22. The number of nitrogens with zero attached hydrogens (tertiary/aromatic N) is 2. The van der Waals surface area contributed by atoms with Crippen LogP contribution in [0.25, 0.3) is 11.8 Å². The van der Waals surface area contributed by atoms with E-state index in [0.717, 1.165) is 5.56 Å². The predicted octanol–water partition coefficient (Wildman–Crippen LogP) is 6.22. The quantitative estimate of drug-likeness (QED) is 0.259. The lowest BCUT2D eigenvalue weighted by Crippen LogP contribution is -2.06. The summed E-state index contributed by atoms with van der Waals surface area (Å²) in [6.45, 7) is 0.452. The van der Waals surface area contributed by atoms with Crippen molar-refractivity contribution in [3.63, 3.8) is 0 Å². The second-order valence-electron chi connectivity index (χ2n) is 6.92. The number of benzene rings is 3. The molecule has 0 amide bonds. The molecule has 4 aromatic rings. The van der Waals surface area contributed by atoms with Crippen molar-refractivity contribution in [3.8, 4) is 0 Å². The highest BCUT2D eigenvalue weighted by molar-refractivity contribution is 6.31. The maximum atomic E-state index is 13.4. The predicted molar refractivity (Wildman–Crippen MR) is 119 cm³/mol. The molecule has 4 rings (SSSR count). The summed E-state index contributed by atoms with van der Waals surface area (Å²) in [5.41, 5.74) is 1.56. The molecule has 0 unspecified atom stereocenters. The van der Waals surface area contributed by atoms with Crippen LogP contribution in [0.5, 0.6) is 0 Å². The van der Waals surface area contributed by atoms with Gasteiger partial charge in [0, 0.05) is 29.1 Å². The SMILES string of the molecule is O=C(O/C(=C\c1nccn1Cc1ccccc1Cl)c1ccc(F)cc1)c1ccc(F)cc1. The van der Waals surface area contributed by atoms with Crippen molar-refractivity contribution in [2.24, 2.45) is 0 Å². The van der Waals surface area contributed by atoms with Crippen molar-refractivity contribution < 1.29 is 18.3 Å². The number of ether oxygens (including phenoxy) is 1. The van der Waals surface area contributed by atoms with Crippen molar-refractivity contribution in [1.82, 2.24) is 9.55 Å². The number of esters is 1. The van der Waals surface area contributed by atoms with E-state index in [4.69, 9.17) is 16.3 Å². The van der Waals surface area contributed by atoms with Crippen LogP contribution < -0.4 is 0 Å². The molecule has 0 aliphatic rings. The number of carbonyl (C=O) groups is 1. The summed E-state index contributed by atoms with van der Waals surface area (Å²) in [4.78, 5) is 17.0. The number of rotatable bonds is 6. The van der Waals surface area contributed by atoms with Crippen molar-refractivity contribution in [2.75, 3.05) is 0 Å². The van der Waals surface area contributed by atoms with Crippen LogP contribution >= 0.6 is 11.6 Å². The van der Waals surface area contributed by atoms with Gasteiger partial charge in [0.2, 0.25) is 0 Å². The zero-order valence-corrected chi connectivity index (χ0v) is 17.5. The topological polar surface area (TPSA) is 44.1 Å². The standard InChI is InChI=1S/C25H17ClF2N2O2/c26-22-4-2-1-3-19(22)16-30-14-13-29-24(30)15-23(17-5-9-20(27)10-6-17)32-25(31)18-7-11-21(28)12-8-18/h1-15H,16H2/b23-15-. The first-order chi connectivity index (χ1) is 15.5. The minimum atomic E-state index is -0.676. The van der Waals surface area contributed by atoms with E-state index in [9.17, 15) is 13.6 Å². The van der Waals surface area contributed by atoms with Gasteiger partial charge in [0.25, 0.3) is 0 Å². The fourth-order valence-corrected chi connectivity index (χ4v) is 3.25. The normalized spacial score (nSPS) is 11.4. The molecule has 0 saturated carbocycles. The minimum absolute atomic E-state index is 0.172. The number of imidazole rings is 1. The van der Waals surface area contributed by atoms with Gasteiger partial charge in [-0.2, -0.15) is 0 Å². The van der Waals surface area contributed by atoms with Crippen LogP contribution in [-0.4, -0.2) is 15.5 Å². The maximum absolute atomic E-state index is 13.4. The first-order valence-corrected chi connectivity index (χ1v) is 10.1. The van der Waals surface area contributed by atoms with Crippen LogP contribution in [0.2, 0.25) is 5.02 Å². The summed E-state index contributed by atoms with van der Waals surface area (Å²) in [7, 11) is 0. The molecule has 4 nitrogen and oxygen atoms in total. The Morgan fingerprint density at radius 2 is 1.56 bits per heavy atom. The van der Waals surface area contributed by atoms with Gasteiger partial charge in [0.05, 0.1) is 12.1 Å². The molecule has 0 saturated heterocycles. The zero-order chi connectivity index (χ0) is 22.5. The number of halogens is 3. The molecule has 1 aromatic heterocycles. The zero-order valence-electron chi connectivity index (χ0n) is 16.7. The van der Waals surface area contributed by atoms with Gasteiger partial charge in [0.1, 0.15) is 23.2 Å². The Labute approximate surface area is 188 Å². The Bertz CT molecular complexity index is 1270. The van der Waals surface area contributed by atoms with Crippen LogP contribution in [-0.2, 0) is 11.3 Å². The average molecular weight is 451 g/mol. The Balaban J connectivity index is 1.68. The van der Waals surface area contributed by atoms with Crippen LogP contribution in [0.1, 0.15) is 27.3 Å². The molecule has 3 aromatic carbocycles. The van der Waals surface area contributed by atoms with Gasteiger partial charge in [0.15, 0.2) is 0 Å². The first-order valence-electron chi connectivity index (χ1n) is 9.69. The highest BCUT2D eigenvalue weighted by atomic mass is 35.5. The summed E-state index contributed by atoms with van der Waals surface area (Å²) >= 11 is 6.28. The van der Waals surface area contributed by atoms with E-state index in [2.05, 4.69) is 4.98 Å². The molecular formula is C25H17ClF2N2O2. The summed E-state index contributed by atoms with van der Waals surface area (Å²) in [5, 5.41) is 0.623. The molecule has 0 spiro atoms. The highest BCUT2D eigenvalue weighted by Gasteiger charge is 2.15. The van der Waals surface area contributed by atoms with E-state index in [1.54, 1.807) is 24.5 Å². The van der Waals surface area contributed by atoms with E-state index < -0.39 is 17.6 Å². The van der Waals surface area contributed by atoms with Gasteiger partial charge in [-0.25, -0.2) is 18.6 Å². The summed E-state index contributed by atoms with van der Waals surface area (Å²) in [5.74, 6) is -0.873. The van der Waals surface area contributed by atoms with Gasteiger partial charge in [-0.05, 0) is 60.2 Å². The van der Waals surface area contributed by atoms with Crippen molar-refractivity contribution in [2.45, 2.75) is 6.54 Å². The lowest BCUT2D eigenvalue weighted by molar-refractivity contribution is 0.0693. The first kappa shape index (κ1) is 21.5. The highest BCUT2D eigenvalue weighted by Crippen LogP contribution is 2.23. The van der Waals surface area contributed by atoms with E-state index in [1.165, 1.54) is 48.5 Å². The van der Waals surface area contributed by atoms with E-state index in [1.807, 2.05) is 22.8 Å². The summed E-state index contributed by atoms with van der Waals surface area (Å²) < 4.78 is 34.1. The third kappa shape index (κ3) is 5.10. The largest absolute Gasteiger partial charge is 0.422 e. The molecule has 160 valence electrons. The third-order valence-electron chi connectivity index (χ3n) is 4.72. The van der Waals surface area contributed by atoms with Crippen LogP contribution in [0.3, 0.4) is 0 Å². The van der Waals surface area contributed by atoms with Crippen LogP contribution in [0, 0.1) is 11.6 Å². The van der Waals surface area contributed by atoms with Crippen LogP contribution in [0.15, 0.2) is 85.2 Å². The molecular weight excluding hydrogens is 434 g/mol. The van der Waals surface area contributed by atoms with Gasteiger partial charge in [-0.3, -0.25) is 0 Å². The van der Waals surface area contributed by atoms with Crippen molar-refractivity contribution >= 4 is 29.4 Å². The smallest absolute Gasteiger partial charge is 0.343 e. The van der Waals surface area contributed by atoms with E-state index in [-0.39, 0.29) is 11.3 Å². The Hall–Kier alpha value is -3.77. The molecule has 0 aliphatic heterocycles. The minimum Gasteiger partial charge on any atom is -0.422 e. The molecule has 1 heterocycles. The fraction of sp³-hybridized carbons (Fsp3) is 0.0400. The van der Waals surface area contributed by atoms with Gasteiger partial charge in [-0.1, -0.05) is 29.8 Å². The summed E-state index contributed by atoms with van der Waals surface area (Å²) in [6, 6.07) is 18.0. The van der Waals surface area contributed by atoms with Gasteiger partial charge >= 0.3 is 5.97 Å². The summed E-state index contributed by atoms with van der Waals surface area (Å²) in [6.07, 6.45) is 4.98. The Morgan fingerprint density at radius 3 is 2.22 bits per heavy atom. The van der Waals surface area contributed by atoms with Gasteiger partial charge < -0.3 is 9.30 Å². The molecule has 0 N–H and O–H groups in total. The fourth-order valence-electron chi connectivity index (χ4n) is 3.05. The number of carbonyl (C=O) groups excluding carboxylic acids is 1. The molecule has 32 heavy (non-hydrogen) atoms. The molecule has 0 bridgehead atoms. The lowest BCUT2D eigenvalue weighted by Gasteiger charge is -2.11. The number of hydrogen-bond acceptors (Lipinski definition) is 3. The number of aromatic nitrogens is 2. The number of hydrogen-bond donors (Lipinski definition) is 0. The third-order valence-corrected chi connectivity index (χ3v) is 5.09. The molecule has 7 heteroatoms. The maximum Gasteiger partial charge on any atom is 0.343 e. The van der Waals surface area contributed by atoms with E-state index >= 15 is 0 Å². The second-order valence-corrected chi connectivity index (χ2v) is 7.32. The monoisotopic (exact) mass is 450 g/mol. The van der Waals surface area contributed by atoms with E-state index in [0.29, 0.717) is 23.0 Å². The Kier molecular flexibility index (Phi) is 6.42.